The molecule has 2 aromatic rings. The zero-order valence-corrected chi connectivity index (χ0v) is 8.60. The third-order valence-electron chi connectivity index (χ3n) is 2.19. The SMILES string of the molecule is O=C(O)c1cc2cccc(Cl)c2n1C(=O)O. The van der Waals surface area contributed by atoms with Crippen molar-refractivity contribution in [3.05, 3.63) is 35.0 Å². The molecule has 0 aliphatic rings. The fourth-order valence-corrected chi connectivity index (χ4v) is 1.84. The minimum absolute atomic E-state index is 0.189. The molecule has 16 heavy (non-hydrogen) atoms. The van der Waals surface area contributed by atoms with Crippen LogP contribution in [0, 0.1) is 0 Å². The van der Waals surface area contributed by atoms with E-state index in [2.05, 4.69) is 0 Å². The van der Waals surface area contributed by atoms with Crippen molar-refractivity contribution in [1.82, 2.24) is 4.57 Å². The van der Waals surface area contributed by atoms with E-state index >= 15 is 0 Å². The van der Waals surface area contributed by atoms with Crippen LogP contribution in [0.15, 0.2) is 24.3 Å². The standard InChI is InChI=1S/C10H6ClNO4/c11-6-3-1-2-5-4-7(9(13)14)12(8(5)6)10(15)16/h1-4H,(H,13,14)(H,15,16). The van der Waals surface area contributed by atoms with Gasteiger partial charge in [0.2, 0.25) is 0 Å². The molecule has 6 heteroatoms. The normalized spacial score (nSPS) is 10.6. The van der Waals surface area contributed by atoms with Crippen LogP contribution in [0.25, 0.3) is 10.9 Å². The molecule has 0 fully saturated rings. The highest BCUT2D eigenvalue weighted by atomic mass is 35.5. The first-order valence-electron chi connectivity index (χ1n) is 4.29. The number of benzene rings is 1. The van der Waals surface area contributed by atoms with E-state index in [1.807, 2.05) is 0 Å². The molecule has 0 aliphatic carbocycles. The van der Waals surface area contributed by atoms with Gasteiger partial charge in [-0.2, -0.15) is 0 Å². The molecule has 2 rings (SSSR count). The van der Waals surface area contributed by atoms with Crippen LogP contribution in [0.4, 0.5) is 4.79 Å². The summed E-state index contributed by atoms with van der Waals surface area (Å²) in [6, 6.07) is 6.02. The van der Waals surface area contributed by atoms with Gasteiger partial charge in [0.1, 0.15) is 5.69 Å². The predicted octanol–water partition coefficient (Wildman–Crippen LogP) is 2.52. The molecule has 0 amide bonds. The van der Waals surface area contributed by atoms with Crippen LogP contribution in [0.1, 0.15) is 10.5 Å². The maximum Gasteiger partial charge on any atom is 0.416 e. The average molecular weight is 240 g/mol. The van der Waals surface area contributed by atoms with E-state index in [0.717, 1.165) is 0 Å². The fraction of sp³-hybridized carbons (Fsp3) is 0. The number of halogens is 1. The minimum atomic E-state index is -1.37. The van der Waals surface area contributed by atoms with Crippen molar-refractivity contribution in [1.29, 1.82) is 0 Å². The Hall–Kier alpha value is -2.01. The molecule has 0 radical (unpaired) electrons. The van der Waals surface area contributed by atoms with Gasteiger partial charge in [-0.05, 0) is 12.1 Å². The summed E-state index contributed by atoms with van der Waals surface area (Å²) in [5, 5.41) is 18.5. The van der Waals surface area contributed by atoms with Gasteiger partial charge in [0.15, 0.2) is 0 Å². The van der Waals surface area contributed by atoms with Crippen molar-refractivity contribution >= 4 is 34.6 Å². The molecule has 0 saturated heterocycles. The van der Waals surface area contributed by atoms with Gasteiger partial charge < -0.3 is 10.2 Å². The van der Waals surface area contributed by atoms with Crippen molar-refractivity contribution in [2.24, 2.45) is 0 Å². The maximum absolute atomic E-state index is 11.0. The summed E-state index contributed by atoms with van der Waals surface area (Å²) in [5.41, 5.74) is -0.135. The lowest BCUT2D eigenvalue weighted by atomic mass is 10.2. The van der Waals surface area contributed by atoms with Crippen LogP contribution in [0.5, 0.6) is 0 Å². The van der Waals surface area contributed by atoms with E-state index in [4.69, 9.17) is 21.8 Å². The number of nitrogens with zero attached hydrogens (tertiary/aromatic N) is 1. The summed E-state index contributed by atoms with van der Waals surface area (Å²) in [4.78, 5) is 21.9. The Morgan fingerprint density at radius 2 is 1.94 bits per heavy atom. The molecule has 0 unspecified atom stereocenters. The number of aromatic carboxylic acids is 1. The van der Waals surface area contributed by atoms with Crippen molar-refractivity contribution in [3.63, 3.8) is 0 Å². The lowest BCUT2D eigenvalue weighted by Gasteiger charge is -2.02. The number of aromatic nitrogens is 1. The number of para-hydroxylation sites is 1. The van der Waals surface area contributed by atoms with Crippen molar-refractivity contribution in [2.45, 2.75) is 0 Å². The lowest BCUT2D eigenvalue weighted by molar-refractivity contribution is 0.0685. The quantitative estimate of drug-likeness (QED) is 0.801. The third-order valence-corrected chi connectivity index (χ3v) is 2.49. The molecule has 5 nitrogen and oxygen atoms in total. The summed E-state index contributed by atoms with van der Waals surface area (Å²) >= 11 is 5.85. The number of carboxylic acids is 1. The van der Waals surface area contributed by atoms with Crippen molar-refractivity contribution < 1.29 is 19.8 Å². The topological polar surface area (TPSA) is 79.5 Å². The number of carboxylic acid groups (broad SMARTS) is 2. The highest BCUT2D eigenvalue weighted by molar-refractivity contribution is 6.35. The second kappa shape index (κ2) is 3.53. The number of hydrogen-bond acceptors (Lipinski definition) is 2. The maximum atomic E-state index is 11.0. The average Bonchev–Trinajstić information content (AvgIpc) is 2.58. The summed E-state index contributed by atoms with van der Waals surface area (Å²) in [7, 11) is 0. The van der Waals surface area contributed by atoms with E-state index < -0.39 is 12.1 Å². The largest absolute Gasteiger partial charge is 0.477 e. The van der Waals surface area contributed by atoms with Gasteiger partial charge in [-0.3, -0.25) is 0 Å². The summed E-state index contributed by atoms with van der Waals surface area (Å²) in [6.45, 7) is 0. The Bertz CT molecular complexity index is 602. The fourth-order valence-electron chi connectivity index (χ4n) is 1.57. The Morgan fingerprint density at radius 3 is 2.50 bits per heavy atom. The number of rotatable bonds is 1. The van der Waals surface area contributed by atoms with Crippen LogP contribution in [-0.4, -0.2) is 26.8 Å². The monoisotopic (exact) mass is 239 g/mol. The van der Waals surface area contributed by atoms with Crippen molar-refractivity contribution in [2.75, 3.05) is 0 Å². The predicted molar refractivity (Wildman–Crippen MR) is 57.3 cm³/mol. The lowest BCUT2D eigenvalue weighted by Crippen LogP contribution is -2.15. The molecule has 82 valence electrons. The summed E-state index contributed by atoms with van der Waals surface area (Å²) < 4.78 is 0.667. The smallest absolute Gasteiger partial charge is 0.416 e. The van der Waals surface area contributed by atoms with E-state index in [-0.39, 0.29) is 16.2 Å². The molecule has 0 spiro atoms. The molecule has 0 saturated carbocycles. The summed E-state index contributed by atoms with van der Waals surface area (Å²) in [5.74, 6) is -1.31. The van der Waals surface area contributed by atoms with Gasteiger partial charge in [-0.15, -0.1) is 0 Å². The molecule has 0 bridgehead atoms. The molecule has 1 heterocycles. The number of hydrogen-bond donors (Lipinski definition) is 2. The zero-order chi connectivity index (χ0) is 11.9. The second-order valence-electron chi connectivity index (χ2n) is 3.13. The number of carbonyl (C=O) groups is 2. The third kappa shape index (κ3) is 1.42. The molecule has 1 aromatic heterocycles. The Balaban J connectivity index is 2.94. The highest BCUT2D eigenvalue weighted by Gasteiger charge is 2.20. The zero-order valence-electron chi connectivity index (χ0n) is 7.85. The van der Waals surface area contributed by atoms with Crippen LogP contribution >= 0.6 is 11.6 Å². The Labute approximate surface area is 94.5 Å². The van der Waals surface area contributed by atoms with Gasteiger partial charge in [0.05, 0.1) is 10.5 Å². The first-order valence-corrected chi connectivity index (χ1v) is 4.66. The molecular weight excluding hydrogens is 234 g/mol. The molecule has 0 atom stereocenters. The van der Waals surface area contributed by atoms with Crippen LogP contribution < -0.4 is 0 Å². The highest BCUT2D eigenvalue weighted by Crippen LogP contribution is 2.26. The Kier molecular flexibility index (Phi) is 2.32. The Morgan fingerprint density at radius 1 is 1.25 bits per heavy atom. The van der Waals surface area contributed by atoms with Crippen LogP contribution in [0.2, 0.25) is 5.02 Å². The van der Waals surface area contributed by atoms with E-state index in [9.17, 15) is 9.59 Å². The first kappa shape index (κ1) is 10.5. The molecular formula is C10H6ClNO4. The molecule has 0 aliphatic heterocycles. The minimum Gasteiger partial charge on any atom is -0.477 e. The first-order chi connectivity index (χ1) is 7.52. The van der Waals surface area contributed by atoms with E-state index in [0.29, 0.717) is 9.95 Å². The van der Waals surface area contributed by atoms with Gasteiger partial charge in [0.25, 0.3) is 0 Å². The van der Waals surface area contributed by atoms with Crippen LogP contribution in [-0.2, 0) is 0 Å². The van der Waals surface area contributed by atoms with E-state index in [1.165, 1.54) is 12.1 Å². The van der Waals surface area contributed by atoms with Gasteiger partial charge in [0, 0.05) is 5.39 Å². The van der Waals surface area contributed by atoms with Gasteiger partial charge in [-0.25, -0.2) is 14.2 Å². The van der Waals surface area contributed by atoms with Gasteiger partial charge >= 0.3 is 12.1 Å². The second-order valence-corrected chi connectivity index (χ2v) is 3.54. The van der Waals surface area contributed by atoms with E-state index in [1.54, 1.807) is 12.1 Å². The van der Waals surface area contributed by atoms with Crippen molar-refractivity contribution in [3.8, 4) is 0 Å². The van der Waals surface area contributed by atoms with Crippen LogP contribution in [0.3, 0.4) is 0 Å². The summed E-state index contributed by atoms with van der Waals surface area (Å²) in [6.07, 6.45) is -1.37. The number of fused-ring (bicyclic) bond motifs is 1. The molecule has 1 aromatic carbocycles. The van der Waals surface area contributed by atoms with Gasteiger partial charge in [-0.1, -0.05) is 23.7 Å². The molecule has 2 N–H and O–H groups in total.